The molecule has 0 aromatic rings. The number of likely N-dealkylation sites (N-methyl/N-ethyl adjacent to an activating group) is 1. The van der Waals surface area contributed by atoms with Gasteiger partial charge in [0.2, 0.25) is 0 Å². The monoisotopic (exact) mass is 766 g/mol. The number of ether oxygens (including phenoxy) is 2. The summed E-state index contributed by atoms with van der Waals surface area (Å²) >= 11 is 0. The van der Waals surface area contributed by atoms with Crippen molar-refractivity contribution in [2.75, 3.05) is 40.5 Å². The van der Waals surface area contributed by atoms with Gasteiger partial charge in [-0.3, -0.25) is 18.6 Å². The Kier molecular flexibility index (Phi) is 36.4. The van der Waals surface area contributed by atoms with Crippen LogP contribution in [0.5, 0.6) is 0 Å². The molecule has 0 aliphatic heterocycles. The van der Waals surface area contributed by atoms with E-state index in [2.05, 4.69) is 62.5 Å². The summed E-state index contributed by atoms with van der Waals surface area (Å²) in [5.41, 5.74) is 0. The van der Waals surface area contributed by atoms with Crippen LogP contribution < -0.4 is 0 Å². The predicted octanol–water partition coefficient (Wildman–Crippen LogP) is 11.5. The van der Waals surface area contributed by atoms with Gasteiger partial charge in [0.05, 0.1) is 13.2 Å². The quantitative estimate of drug-likeness (QED) is 0.0286. The van der Waals surface area contributed by atoms with E-state index >= 15 is 0 Å². The standard InChI is InChI=1S/C43H76NO8P/c1-5-7-9-11-13-15-17-18-19-20-21-22-23-24-26-27-29-31-33-35-42(45)49-39-41(40-51-53(47,48)50-38-37-44(3)4)52-43(46)36-34-32-30-28-25-16-14-12-10-8-6-2/h13,15,18-19,21-22,24,26,29,31,41H,5-12,14,16-17,20,23,25,27-28,30,32-40H2,1-4H3,(H,47,48)/b15-13-,19-18-,22-21-,26-24-,31-29-. The lowest BCUT2D eigenvalue weighted by Gasteiger charge is -2.20. The van der Waals surface area contributed by atoms with Gasteiger partial charge in [-0.15, -0.1) is 0 Å². The van der Waals surface area contributed by atoms with Gasteiger partial charge in [-0.25, -0.2) is 4.57 Å². The zero-order valence-electron chi connectivity index (χ0n) is 33.9. The molecule has 10 heteroatoms. The third-order valence-corrected chi connectivity index (χ3v) is 9.32. The summed E-state index contributed by atoms with van der Waals surface area (Å²) in [5, 5.41) is 0. The van der Waals surface area contributed by atoms with Crippen LogP contribution in [0.4, 0.5) is 0 Å². The molecule has 0 saturated heterocycles. The fourth-order valence-electron chi connectivity index (χ4n) is 5.14. The average molecular weight is 766 g/mol. The molecular formula is C43H76NO8P. The van der Waals surface area contributed by atoms with E-state index in [9.17, 15) is 19.0 Å². The summed E-state index contributed by atoms with van der Waals surface area (Å²) in [5.74, 6) is -0.903. The molecule has 0 aliphatic carbocycles. The molecule has 0 rings (SSSR count). The first-order valence-electron chi connectivity index (χ1n) is 20.6. The number of hydrogen-bond acceptors (Lipinski definition) is 8. The summed E-state index contributed by atoms with van der Waals surface area (Å²) in [6, 6.07) is 0. The number of unbranched alkanes of at least 4 members (excludes halogenated alkanes) is 13. The van der Waals surface area contributed by atoms with Crippen molar-refractivity contribution in [1.82, 2.24) is 4.90 Å². The predicted molar refractivity (Wildman–Crippen MR) is 220 cm³/mol. The highest BCUT2D eigenvalue weighted by Crippen LogP contribution is 2.43. The number of phosphoric ester groups is 1. The minimum atomic E-state index is -4.37. The van der Waals surface area contributed by atoms with Crippen LogP contribution >= 0.6 is 7.82 Å². The van der Waals surface area contributed by atoms with Gasteiger partial charge in [0.15, 0.2) is 6.10 Å². The Morgan fingerprint density at radius 2 is 1.06 bits per heavy atom. The number of carbonyl (C=O) groups is 2. The fourth-order valence-corrected chi connectivity index (χ4v) is 5.88. The Hall–Kier alpha value is -2.29. The Labute approximate surface area is 323 Å². The Morgan fingerprint density at radius 3 is 1.58 bits per heavy atom. The summed E-state index contributed by atoms with van der Waals surface area (Å²) in [6.07, 6.45) is 42.8. The number of hydrogen-bond donors (Lipinski definition) is 1. The second kappa shape index (κ2) is 38.0. The van der Waals surface area contributed by atoms with Gasteiger partial charge < -0.3 is 19.3 Å². The van der Waals surface area contributed by atoms with E-state index in [0.717, 1.165) is 44.9 Å². The van der Waals surface area contributed by atoms with E-state index in [1.807, 2.05) is 26.2 Å². The fraction of sp³-hybridized carbons (Fsp3) is 0.721. The van der Waals surface area contributed by atoms with Gasteiger partial charge in [-0.05, 0) is 65.5 Å². The molecule has 2 unspecified atom stereocenters. The number of rotatable bonds is 37. The molecule has 0 radical (unpaired) electrons. The number of phosphoric acid groups is 1. The summed E-state index contributed by atoms with van der Waals surface area (Å²) in [6.45, 7) is 4.18. The molecule has 306 valence electrons. The zero-order valence-corrected chi connectivity index (χ0v) is 34.8. The van der Waals surface area contributed by atoms with Crippen molar-refractivity contribution in [2.24, 2.45) is 0 Å². The van der Waals surface area contributed by atoms with Crippen molar-refractivity contribution in [1.29, 1.82) is 0 Å². The molecule has 0 amide bonds. The molecule has 0 aromatic carbocycles. The highest BCUT2D eigenvalue weighted by atomic mass is 31.2. The Bertz CT molecular complexity index is 1070. The highest BCUT2D eigenvalue weighted by Gasteiger charge is 2.26. The van der Waals surface area contributed by atoms with E-state index < -0.39 is 32.5 Å². The second-order valence-corrected chi connectivity index (χ2v) is 15.3. The first-order chi connectivity index (χ1) is 25.7. The van der Waals surface area contributed by atoms with Gasteiger partial charge in [-0.2, -0.15) is 0 Å². The van der Waals surface area contributed by atoms with E-state index in [1.54, 1.807) is 4.90 Å². The molecule has 0 bridgehead atoms. The number of allylic oxidation sites excluding steroid dienone is 10. The van der Waals surface area contributed by atoms with Crippen LogP contribution in [0, 0.1) is 0 Å². The Morgan fingerprint density at radius 1 is 0.585 bits per heavy atom. The van der Waals surface area contributed by atoms with Crippen LogP contribution in [-0.2, 0) is 32.7 Å². The number of carbonyl (C=O) groups excluding carboxylic acids is 2. The molecule has 53 heavy (non-hydrogen) atoms. The maximum atomic E-state index is 12.6. The first-order valence-corrected chi connectivity index (χ1v) is 22.1. The van der Waals surface area contributed by atoms with Gasteiger partial charge in [0.1, 0.15) is 6.61 Å². The highest BCUT2D eigenvalue weighted by molar-refractivity contribution is 7.47. The minimum Gasteiger partial charge on any atom is -0.462 e. The van der Waals surface area contributed by atoms with E-state index in [-0.39, 0.29) is 26.1 Å². The normalized spacial score (nSPS) is 14.1. The lowest BCUT2D eigenvalue weighted by Crippen LogP contribution is -2.29. The molecule has 1 N–H and O–H groups in total. The number of nitrogens with zero attached hydrogens (tertiary/aromatic N) is 1. The van der Waals surface area contributed by atoms with Crippen LogP contribution in [0.3, 0.4) is 0 Å². The topological polar surface area (TPSA) is 112 Å². The van der Waals surface area contributed by atoms with E-state index in [1.165, 1.54) is 70.6 Å². The average Bonchev–Trinajstić information content (AvgIpc) is 3.12. The molecule has 9 nitrogen and oxygen atoms in total. The maximum absolute atomic E-state index is 12.6. The van der Waals surface area contributed by atoms with Crippen LogP contribution in [0.1, 0.15) is 155 Å². The summed E-state index contributed by atoms with van der Waals surface area (Å²) in [4.78, 5) is 36.8. The van der Waals surface area contributed by atoms with Crippen LogP contribution in [0.2, 0.25) is 0 Å². The molecule has 0 spiro atoms. The van der Waals surface area contributed by atoms with Gasteiger partial charge in [0.25, 0.3) is 0 Å². The van der Waals surface area contributed by atoms with Gasteiger partial charge in [-0.1, -0.05) is 152 Å². The lowest BCUT2D eigenvalue weighted by molar-refractivity contribution is -0.161. The van der Waals surface area contributed by atoms with E-state index in [4.69, 9.17) is 18.5 Å². The van der Waals surface area contributed by atoms with Gasteiger partial charge in [0, 0.05) is 19.4 Å². The minimum absolute atomic E-state index is 0.00495. The molecule has 0 fully saturated rings. The largest absolute Gasteiger partial charge is 0.472 e. The van der Waals surface area contributed by atoms with Crippen molar-refractivity contribution in [2.45, 2.75) is 161 Å². The summed E-state index contributed by atoms with van der Waals surface area (Å²) < 4.78 is 33.3. The van der Waals surface area contributed by atoms with E-state index in [0.29, 0.717) is 19.4 Å². The van der Waals surface area contributed by atoms with Crippen molar-refractivity contribution in [3.8, 4) is 0 Å². The van der Waals surface area contributed by atoms with Crippen LogP contribution in [0.25, 0.3) is 0 Å². The van der Waals surface area contributed by atoms with Crippen molar-refractivity contribution in [3.05, 3.63) is 60.8 Å². The molecule has 0 aromatic heterocycles. The third kappa shape index (κ3) is 39.2. The number of esters is 2. The molecule has 0 heterocycles. The van der Waals surface area contributed by atoms with Gasteiger partial charge >= 0.3 is 19.8 Å². The molecule has 0 aliphatic rings. The first kappa shape index (κ1) is 50.7. The Balaban J connectivity index is 4.43. The zero-order chi connectivity index (χ0) is 39.1. The smallest absolute Gasteiger partial charge is 0.462 e. The summed E-state index contributed by atoms with van der Waals surface area (Å²) in [7, 11) is -0.744. The van der Waals surface area contributed by atoms with Crippen molar-refractivity contribution in [3.63, 3.8) is 0 Å². The lowest BCUT2D eigenvalue weighted by atomic mass is 10.1. The van der Waals surface area contributed by atoms with Crippen LogP contribution in [0.15, 0.2) is 60.8 Å². The maximum Gasteiger partial charge on any atom is 0.472 e. The van der Waals surface area contributed by atoms with Crippen molar-refractivity contribution >= 4 is 19.8 Å². The molecule has 2 atom stereocenters. The third-order valence-electron chi connectivity index (χ3n) is 8.34. The van der Waals surface area contributed by atoms with Crippen LogP contribution in [-0.4, -0.2) is 68.3 Å². The van der Waals surface area contributed by atoms with Crippen molar-refractivity contribution < 1.29 is 37.6 Å². The second-order valence-electron chi connectivity index (χ2n) is 13.8. The molecular weight excluding hydrogens is 689 g/mol. The SMILES string of the molecule is CCCCC/C=C\C/C=C\C/C=C\C/C=C\C/C=C\CCC(=O)OCC(COP(=O)(O)OCCN(C)C)OC(=O)CCCCCCCCCCCCC. The molecule has 0 saturated carbocycles.